The number of hydrogen-bond acceptors (Lipinski definition) is 3. The first kappa shape index (κ1) is 12.2. The fraction of sp³-hybridized carbons (Fsp3) is 0.0667. The minimum absolute atomic E-state index is 0.178. The second-order valence-electron chi connectivity index (χ2n) is 4.30. The number of aromatic amines is 1. The van der Waals surface area contributed by atoms with Crippen molar-refractivity contribution in [2.75, 3.05) is 0 Å². The number of aromatic nitrogens is 3. The van der Waals surface area contributed by atoms with Crippen LogP contribution in [0.2, 0.25) is 0 Å². The SMILES string of the molecule is NCc1ccc(C#Cn2cnc3[nH]ccc3c2=O)cc1. The smallest absolute Gasteiger partial charge is 0.274 e. The molecule has 0 spiro atoms. The van der Waals surface area contributed by atoms with E-state index in [1.54, 1.807) is 12.3 Å². The van der Waals surface area contributed by atoms with Gasteiger partial charge >= 0.3 is 0 Å². The monoisotopic (exact) mass is 264 g/mol. The molecule has 5 nitrogen and oxygen atoms in total. The molecule has 98 valence electrons. The van der Waals surface area contributed by atoms with Crippen LogP contribution >= 0.6 is 0 Å². The van der Waals surface area contributed by atoms with Gasteiger partial charge in [-0.05, 0) is 29.7 Å². The van der Waals surface area contributed by atoms with E-state index in [9.17, 15) is 4.79 Å². The van der Waals surface area contributed by atoms with E-state index in [4.69, 9.17) is 5.73 Å². The average Bonchev–Trinajstić information content (AvgIpc) is 2.96. The molecule has 0 radical (unpaired) electrons. The molecular formula is C15H12N4O. The van der Waals surface area contributed by atoms with Crippen LogP contribution in [0.1, 0.15) is 11.1 Å². The second-order valence-corrected chi connectivity index (χ2v) is 4.30. The summed E-state index contributed by atoms with van der Waals surface area (Å²) in [6, 6.07) is 12.1. The summed E-state index contributed by atoms with van der Waals surface area (Å²) in [5, 5.41) is 0.528. The molecule has 0 aliphatic rings. The number of nitrogens with zero attached hydrogens (tertiary/aromatic N) is 2. The van der Waals surface area contributed by atoms with Gasteiger partial charge in [0.05, 0.1) is 5.39 Å². The lowest BCUT2D eigenvalue weighted by molar-refractivity contribution is 1.000. The Hall–Kier alpha value is -2.84. The van der Waals surface area contributed by atoms with E-state index in [1.807, 2.05) is 24.3 Å². The standard InChI is InChI=1S/C15H12N4O/c16-9-12-3-1-11(2-4-12)6-8-19-10-18-14-13(15(19)20)5-7-17-14/h1-5,7,10,17H,9,16H2. The van der Waals surface area contributed by atoms with Crippen molar-refractivity contribution < 1.29 is 0 Å². The largest absolute Gasteiger partial charge is 0.346 e. The molecule has 2 aromatic heterocycles. The summed E-state index contributed by atoms with van der Waals surface area (Å²) >= 11 is 0. The second kappa shape index (κ2) is 5.03. The molecule has 0 saturated carbocycles. The summed E-state index contributed by atoms with van der Waals surface area (Å²) in [5.74, 6) is 2.93. The van der Waals surface area contributed by atoms with E-state index in [-0.39, 0.29) is 5.56 Å². The summed E-state index contributed by atoms with van der Waals surface area (Å²) < 4.78 is 1.28. The Morgan fingerprint density at radius 2 is 2.05 bits per heavy atom. The predicted octanol–water partition coefficient (Wildman–Crippen LogP) is 1.04. The molecule has 0 amide bonds. The van der Waals surface area contributed by atoms with Gasteiger partial charge in [-0.15, -0.1) is 0 Å². The summed E-state index contributed by atoms with van der Waals surface area (Å²) in [4.78, 5) is 19.1. The normalized spacial score (nSPS) is 10.2. The summed E-state index contributed by atoms with van der Waals surface area (Å²) in [6.45, 7) is 0.501. The van der Waals surface area contributed by atoms with Crippen LogP contribution in [0, 0.1) is 12.0 Å². The van der Waals surface area contributed by atoms with Gasteiger partial charge in [0.15, 0.2) is 0 Å². The fourth-order valence-corrected chi connectivity index (χ4v) is 1.87. The first-order chi connectivity index (χ1) is 9.78. The molecule has 0 saturated heterocycles. The van der Waals surface area contributed by atoms with Gasteiger partial charge in [0.25, 0.3) is 5.56 Å². The molecule has 20 heavy (non-hydrogen) atoms. The molecule has 1 aromatic carbocycles. The van der Waals surface area contributed by atoms with E-state index in [1.165, 1.54) is 10.9 Å². The van der Waals surface area contributed by atoms with Crippen LogP contribution in [0.25, 0.3) is 11.0 Å². The summed E-state index contributed by atoms with van der Waals surface area (Å²) in [6.07, 6.45) is 3.10. The van der Waals surface area contributed by atoms with Crippen molar-refractivity contribution in [3.05, 3.63) is 64.3 Å². The van der Waals surface area contributed by atoms with Gasteiger partial charge in [0.2, 0.25) is 0 Å². The minimum Gasteiger partial charge on any atom is -0.346 e. The van der Waals surface area contributed by atoms with Crippen LogP contribution in [0.4, 0.5) is 0 Å². The van der Waals surface area contributed by atoms with Crippen molar-refractivity contribution in [1.29, 1.82) is 0 Å². The number of H-pyrrole nitrogens is 1. The Kier molecular flexibility index (Phi) is 3.07. The van der Waals surface area contributed by atoms with Gasteiger partial charge in [0.1, 0.15) is 12.0 Å². The lowest BCUT2D eigenvalue weighted by Crippen LogP contribution is -2.16. The molecule has 0 aliphatic carbocycles. The molecular weight excluding hydrogens is 252 g/mol. The van der Waals surface area contributed by atoms with Gasteiger partial charge in [-0.25, -0.2) is 9.55 Å². The Balaban J connectivity index is 1.98. The van der Waals surface area contributed by atoms with E-state index in [0.717, 1.165) is 11.1 Å². The predicted molar refractivity (Wildman–Crippen MR) is 77.0 cm³/mol. The van der Waals surface area contributed by atoms with Gasteiger partial charge in [-0.1, -0.05) is 12.1 Å². The van der Waals surface area contributed by atoms with Crippen molar-refractivity contribution in [2.45, 2.75) is 6.54 Å². The van der Waals surface area contributed by atoms with Crippen molar-refractivity contribution in [2.24, 2.45) is 5.73 Å². The van der Waals surface area contributed by atoms with E-state index < -0.39 is 0 Å². The van der Waals surface area contributed by atoms with Crippen LogP contribution in [0.15, 0.2) is 47.7 Å². The van der Waals surface area contributed by atoms with Gasteiger partial charge in [0, 0.05) is 24.3 Å². The maximum atomic E-state index is 12.1. The first-order valence-corrected chi connectivity index (χ1v) is 6.14. The molecule has 0 aliphatic heterocycles. The highest BCUT2D eigenvalue weighted by molar-refractivity contribution is 5.73. The van der Waals surface area contributed by atoms with E-state index in [2.05, 4.69) is 21.9 Å². The zero-order valence-electron chi connectivity index (χ0n) is 10.6. The molecule has 0 atom stereocenters. The molecule has 3 rings (SSSR count). The highest BCUT2D eigenvalue weighted by atomic mass is 16.1. The lowest BCUT2D eigenvalue weighted by Gasteiger charge is -1.96. The lowest BCUT2D eigenvalue weighted by atomic mass is 10.1. The molecule has 3 N–H and O–H groups in total. The van der Waals surface area contributed by atoms with Gasteiger partial charge in [-0.2, -0.15) is 0 Å². The van der Waals surface area contributed by atoms with Crippen molar-refractivity contribution >= 4 is 11.0 Å². The third-order valence-electron chi connectivity index (χ3n) is 2.99. The molecule has 0 bridgehead atoms. The zero-order valence-corrected chi connectivity index (χ0v) is 10.6. The molecule has 5 heteroatoms. The van der Waals surface area contributed by atoms with E-state index >= 15 is 0 Å². The summed E-state index contributed by atoms with van der Waals surface area (Å²) in [7, 11) is 0. The van der Waals surface area contributed by atoms with Crippen molar-refractivity contribution in [3.8, 4) is 12.0 Å². The third-order valence-corrected chi connectivity index (χ3v) is 2.99. The first-order valence-electron chi connectivity index (χ1n) is 6.14. The molecule has 2 heterocycles. The Morgan fingerprint density at radius 1 is 1.25 bits per heavy atom. The maximum absolute atomic E-state index is 12.1. The van der Waals surface area contributed by atoms with E-state index in [0.29, 0.717) is 17.6 Å². The average molecular weight is 264 g/mol. The quantitative estimate of drug-likeness (QED) is 0.645. The minimum atomic E-state index is -0.178. The summed E-state index contributed by atoms with van der Waals surface area (Å²) in [5.41, 5.74) is 7.79. The number of nitrogens with two attached hydrogens (primary N) is 1. The fourth-order valence-electron chi connectivity index (χ4n) is 1.87. The molecule has 3 aromatic rings. The van der Waals surface area contributed by atoms with Crippen LogP contribution in [0.5, 0.6) is 0 Å². The van der Waals surface area contributed by atoms with Gasteiger partial charge in [-0.3, -0.25) is 4.79 Å². The zero-order chi connectivity index (χ0) is 13.9. The van der Waals surface area contributed by atoms with Crippen LogP contribution in [0.3, 0.4) is 0 Å². The Labute approximate surface area is 115 Å². The van der Waals surface area contributed by atoms with Crippen LogP contribution in [-0.2, 0) is 6.54 Å². The van der Waals surface area contributed by atoms with Crippen LogP contribution in [-0.4, -0.2) is 14.5 Å². The van der Waals surface area contributed by atoms with Crippen LogP contribution < -0.4 is 11.3 Å². The molecule has 0 unspecified atom stereocenters. The van der Waals surface area contributed by atoms with Crippen molar-refractivity contribution in [3.63, 3.8) is 0 Å². The third kappa shape index (κ3) is 2.20. The Bertz CT molecular complexity index is 863. The molecule has 0 fully saturated rings. The highest BCUT2D eigenvalue weighted by Crippen LogP contribution is 2.03. The van der Waals surface area contributed by atoms with Crippen molar-refractivity contribution in [1.82, 2.24) is 14.5 Å². The number of rotatable bonds is 1. The number of hydrogen-bond donors (Lipinski definition) is 2. The number of fused-ring (bicyclic) bond motifs is 1. The maximum Gasteiger partial charge on any atom is 0.274 e. The number of benzene rings is 1. The Morgan fingerprint density at radius 3 is 2.80 bits per heavy atom. The van der Waals surface area contributed by atoms with Gasteiger partial charge < -0.3 is 10.7 Å². The number of nitrogens with one attached hydrogen (secondary N) is 1. The highest BCUT2D eigenvalue weighted by Gasteiger charge is 2.02. The topological polar surface area (TPSA) is 76.7 Å².